The Morgan fingerprint density at radius 2 is 0.402 bits per heavy atom. The van der Waals surface area contributed by atoms with Gasteiger partial charge in [-0.2, -0.15) is 0 Å². The lowest BCUT2D eigenvalue weighted by Gasteiger charge is -2.18. The topological polar surface area (TPSA) is 78.9 Å². The van der Waals surface area contributed by atoms with Crippen molar-refractivity contribution in [3.05, 3.63) is 12.2 Å². The van der Waals surface area contributed by atoms with Crippen LogP contribution in [0.4, 0.5) is 0 Å². The Labute approximate surface area is 513 Å². The van der Waals surface area contributed by atoms with Crippen LogP contribution < -0.4 is 0 Å². The van der Waals surface area contributed by atoms with Gasteiger partial charge in [-0.25, -0.2) is 0 Å². The van der Waals surface area contributed by atoms with Crippen LogP contribution in [0.25, 0.3) is 0 Å². The minimum atomic E-state index is -0.768. The second-order valence-electron chi connectivity index (χ2n) is 25.9. The molecule has 0 saturated heterocycles. The minimum absolute atomic E-state index is 0.0637. The van der Waals surface area contributed by atoms with Crippen LogP contribution in [-0.4, -0.2) is 37.2 Å². The molecule has 0 aromatic rings. The van der Waals surface area contributed by atoms with Gasteiger partial charge in [0.1, 0.15) is 13.2 Å². The molecule has 0 radical (unpaired) electrons. The zero-order chi connectivity index (χ0) is 59.2. The first-order valence-electron chi connectivity index (χ1n) is 37.7. The summed E-state index contributed by atoms with van der Waals surface area (Å²) in [5.74, 6) is -0.829. The van der Waals surface area contributed by atoms with E-state index in [4.69, 9.17) is 14.2 Å². The van der Waals surface area contributed by atoms with Crippen molar-refractivity contribution in [3.63, 3.8) is 0 Å². The van der Waals surface area contributed by atoms with Crippen molar-refractivity contribution >= 4 is 17.9 Å². The molecule has 0 fully saturated rings. The standard InChI is InChI=1S/C76H146O6/c1-4-7-10-13-16-19-22-25-27-29-31-33-34-35-36-37-38-39-40-41-43-44-46-48-51-54-57-60-63-66-69-75(78)81-72-73(71-80-74(77)68-65-62-59-56-53-50-24-21-18-15-12-9-6-3)82-76(79)70-67-64-61-58-55-52-49-47-45-42-32-30-28-26-23-20-17-14-11-8-5-2/h30,32,73H,4-29,31,33-72H2,1-3H3/b32-30-. The third-order valence-electron chi connectivity index (χ3n) is 17.5. The predicted octanol–water partition coefficient (Wildman–Crippen LogP) is 26.0. The van der Waals surface area contributed by atoms with E-state index in [-0.39, 0.29) is 31.1 Å². The van der Waals surface area contributed by atoms with E-state index >= 15 is 0 Å². The van der Waals surface area contributed by atoms with E-state index in [1.165, 1.54) is 340 Å². The fourth-order valence-electron chi connectivity index (χ4n) is 11.9. The smallest absolute Gasteiger partial charge is 0.306 e. The van der Waals surface area contributed by atoms with Crippen molar-refractivity contribution in [2.75, 3.05) is 13.2 Å². The van der Waals surface area contributed by atoms with Gasteiger partial charge in [-0.3, -0.25) is 14.4 Å². The summed E-state index contributed by atoms with van der Waals surface area (Å²) in [7, 11) is 0. The van der Waals surface area contributed by atoms with Crippen LogP contribution in [0.2, 0.25) is 0 Å². The maximum atomic E-state index is 13.0. The number of hydrogen-bond acceptors (Lipinski definition) is 6. The van der Waals surface area contributed by atoms with Crippen molar-refractivity contribution in [2.45, 2.75) is 444 Å². The van der Waals surface area contributed by atoms with Crippen molar-refractivity contribution < 1.29 is 28.6 Å². The van der Waals surface area contributed by atoms with Crippen LogP contribution in [0.3, 0.4) is 0 Å². The molecule has 1 unspecified atom stereocenters. The first kappa shape index (κ1) is 80.2. The lowest BCUT2D eigenvalue weighted by atomic mass is 10.0. The summed E-state index contributed by atoms with van der Waals surface area (Å²) >= 11 is 0. The van der Waals surface area contributed by atoms with E-state index in [1.807, 2.05) is 0 Å². The fourth-order valence-corrected chi connectivity index (χ4v) is 11.9. The first-order chi connectivity index (χ1) is 40.5. The van der Waals surface area contributed by atoms with Gasteiger partial charge in [-0.05, 0) is 44.9 Å². The van der Waals surface area contributed by atoms with E-state index in [0.717, 1.165) is 57.8 Å². The maximum absolute atomic E-state index is 13.0. The third kappa shape index (κ3) is 68.9. The quantitative estimate of drug-likeness (QED) is 0.0261. The molecule has 0 aliphatic heterocycles. The molecule has 1 atom stereocenters. The van der Waals surface area contributed by atoms with Gasteiger partial charge in [0, 0.05) is 19.3 Å². The summed E-state index contributed by atoms with van der Waals surface area (Å²) in [5.41, 5.74) is 0. The molecule has 0 aliphatic carbocycles. The van der Waals surface area contributed by atoms with Gasteiger partial charge < -0.3 is 14.2 Å². The molecular formula is C76H146O6. The lowest BCUT2D eigenvalue weighted by Crippen LogP contribution is -2.30. The van der Waals surface area contributed by atoms with E-state index in [0.29, 0.717) is 19.3 Å². The molecule has 0 aliphatic rings. The summed E-state index contributed by atoms with van der Waals surface area (Å²) in [6.45, 7) is 6.73. The van der Waals surface area contributed by atoms with Gasteiger partial charge in [0.05, 0.1) is 0 Å². The van der Waals surface area contributed by atoms with Crippen LogP contribution in [0.1, 0.15) is 438 Å². The van der Waals surface area contributed by atoms with Crippen LogP contribution in [-0.2, 0) is 28.6 Å². The normalized spacial score (nSPS) is 12.0. The number of carbonyl (C=O) groups excluding carboxylic acids is 3. The summed E-state index contributed by atoms with van der Waals surface area (Å²) in [6, 6.07) is 0. The van der Waals surface area contributed by atoms with Crippen LogP contribution in [0.5, 0.6) is 0 Å². The lowest BCUT2D eigenvalue weighted by molar-refractivity contribution is -0.167. The molecule has 0 aromatic carbocycles. The summed E-state index contributed by atoms with van der Waals surface area (Å²) in [6.07, 6.45) is 87.0. The number of allylic oxidation sites excluding steroid dienone is 2. The summed E-state index contributed by atoms with van der Waals surface area (Å²) < 4.78 is 17.0. The van der Waals surface area contributed by atoms with Gasteiger partial charge in [0.25, 0.3) is 0 Å². The van der Waals surface area contributed by atoms with Crippen molar-refractivity contribution in [1.29, 1.82) is 0 Å². The minimum Gasteiger partial charge on any atom is -0.462 e. The van der Waals surface area contributed by atoms with Gasteiger partial charge in [-0.1, -0.05) is 386 Å². The Hall–Kier alpha value is -1.85. The van der Waals surface area contributed by atoms with E-state index < -0.39 is 6.10 Å². The van der Waals surface area contributed by atoms with Gasteiger partial charge in [0.15, 0.2) is 6.10 Å². The zero-order valence-electron chi connectivity index (χ0n) is 56.1. The number of esters is 3. The number of hydrogen-bond donors (Lipinski definition) is 0. The van der Waals surface area contributed by atoms with E-state index in [1.54, 1.807) is 0 Å². The Morgan fingerprint density at radius 1 is 0.232 bits per heavy atom. The third-order valence-corrected chi connectivity index (χ3v) is 17.5. The van der Waals surface area contributed by atoms with E-state index in [2.05, 4.69) is 32.9 Å². The molecule has 82 heavy (non-hydrogen) atoms. The first-order valence-corrected chi connectivity index (χ1v) is 37.7. The second kappa shape index (κ2) is 71.6. The number of unbranched alkanes of at least 4 members (excludes halogenated alkanes) is 58. The van der Waals surface area contributed by atoms with Crippen molar-refractivity contribution in [1.82, 2.24) is 0 Å². The average molecular weight is 1160 g/mol. The molecular weight excluding hydrogens is 1010 g/mol. The van der Waals surface area contributed by atoms with E-state index in [9.17, 15) is 14.4 Å². The fraction of sp³-hybridized carbons (Fsp3) is 0.934. The molecule has 0 bridgehead atoms. The molecule has 6 heteroatoms. The molecule has 0 aromatic heterocycles. The molecule has 486 valence electrons. The van der Waals surface area contributed by atoms with Crippen LogP contribution in [0.15, 0.2) is 12.2 Å². The molecule has 0 heterocycles. The summed E-state index contributed by atoms with van der Waals surface area (Å²) in [5, 5.41) is 0. The molecule has 0 amide bonds. The van der Waals surface area contributed by atoms with Crippen LogP contribution >= 0.6 is 0 Å². The van der Waals surface area contributed by atoms with Crippen molar-refractivity contribution in [2.24, 2.45) is 0 Å². The molecule has 6 nitrogen and oxygen atoms in total. The number of ether oxygens (including phenoxy) is 3. The van der Waals surface area contributed by atoms with Gasteiger partial charge in [0.2, 0.25) is 0 Å². The highest BCUT2D eigenvalue weighted by Gasteiger charge is 2.20. The Kier molecular flexibility index (Phi) is 70.0. The highest BCUT2D eigenvalue weighted by Crippen LogP contribution is 2.20. The predicted molar refractivity (Wildman–Crippen MR) is 358 cm³/mol. The maximum Gasteiger partial charge on any atom is 0.306 e. The van der Waals surface area contributed by atoms with Gasteiger partial charge >= 0.3 is 17.9 Å². The molecule has 0 N–H and O–H groups in total. The SMILES string of the molecule is CCCCCCCCCC/C=C\CCCCCCCCCCCC(=O)OC(COC(=O)CCCCCCCCCCCCCCC)COC(=O)CCCCCCCCCCCCCCCCCCCCCCCCCCCCCCCC. The molecule has 0 saturated carbocycles. The highest BCUT2D eigenvalue weighted by atomic mass is 16.6. The van der Waals surface area contributed by atoms with Crippen molar-refractivity contribution in [3.8, 4) is 0 Å². The highest BCUT2D eigenvalue weighted by molar-refractivity contribution is 5.71. The van der Waals surface area contributed by atoms with Gasteiger partial charge in [-0.15, -0.1) is 0 Å². The average Bonchev–Trinajstić information content (AvgIpc) is 3.47. The Balaban J connectivity index is 4.14. The zero-order valence-corrected chi connectivity index (χ0v) is 56.1. The number of rotatable bonds is 71. The Morgan fingerprint density at radius 3 is 0.610 bits per heavy atom. The second-order valence-corrected chi connectivity index (χ2v) is 25.9. The summed E-state index contributed by atoms with van der Waals surface area (Å²) in [4.78, 5) is 38.5. The Bertz CT molecular complexity index is 1280. The monoisotopic (exact) mass is 1160 g/mol. The molecule has 0 rings (SSSR count). The number of carbonyl (C=O) groups is 3. The molecule has 0 spiro atoms. The largest absolute Gasteiger partial charge is 0.462 e. The van der Waals surface area contributed by atoms with Crippen LogP contribution in [0, 0.1) is 0 Å².